The number of ether oxygens (including phenoxy) is 1. The van der Waals surface area contributed by atoms with Crippen molar-refractivity contribution < 1.29 is 9.53 Å². The fourth-order valence-electron chi connectivity index (χ4n) is 0.744. The van der Waals surface area contributed by atoms with Crippen LogP contribution in [0.25, 0.3) is 0 Å². The van der Waals surface area contributed by atoms with Crippen molar-refractivity contribution in [3.8, 4) is 0 Å². The highest BCUT2D eigenvalue weighted by Gasteiger charge is 2.20. The molecule has 1 rings (SSSR count). The van der Waals surface area contributed by atoms with Crippen molar-refractivity contribution >= 4 is 21.9 Å². The number of aromatic nitrogens is 2. The summed E-state index contributed by atoms with van der Waals surface area (Å²) in [5, 5.41) is 6.30. The predicted molar refractivity (Wildman–Crippen MR) is 45.2 cm³/mol. The van der Waals surface area contributed by atoms with E-state index in [2.05, 4.69) is 30.9 Å². The Morgan fingerprint density at radius 2 is 2.58 bits per heavy atom. The van der Waals surface area contributed by atoms with E-state index in [4.69, 9.17) is 5.73 Å². The third-order valence-corrected chi connectivity index (χ3v) is 2.02. The molecule has 0 saturated heterocycles. The molecule has 1 aromatic heterocycles. The van der Waals surface area contributed by atoms with E-state index in [-0.39, 0.29) is 0 Å². The molecule has 0 spiro atoms. The number of aromatic amines is 1. The standard InChI is InChI=1S/C6H8BrN3O2/c1-12-6(11)4(8)5-3(7)2-9-10-5/h2,4H,8H2,1H3,(H,9,10). The van der Waals surface area contributed by atoms with Crippen molar-refractivity contribution in [2.24, 2.45) is 5.73 Å². The first-order chi connectivity index (χ1) is 5.66. The highest BCUT2D eigenvalue weighted by molar-refractivity contribution is 9.10. The zero-order valence-electron chi connectivity index (χ0n) is 6.37. The van der Waals surface area contributed by atoms with E-state index in [1.165, 1.54) is 13.3 Å². The van der Waals surface area contributed by atoms with E-state index in [0.717, 1.165) is 0 Å². The molecule has 3 N–H and O–H groups in total. The van der Waals surface area contributed by atoms with Crippen LogP contribution in [0.2, 0.25) is 0 Å². The van der Waals surface area contributed by atoms with Crippen molar-refractivity contribution in [2.75, 3.05) is 7.11 Å². The first kappa shape index (κ1) is 9.21. The minimum absolute atomic E-state index is 0.500. The van der Waals surface area contributed by atoms with Crippen LogP contribution < -0.4 is 5.73 Å². The largest absolute Gasteiger partial charge is 0.468 e. The summed E-state index contributed by atoms with van der Waals surface area (Å²) < 4.78 is 5.13. The van der Waals surface area contributed by atoms with Crippen LogP contribution in [0.15, 0.2) is 10.7 Å². The number of rotatable bonds is 2. The molecule has 0 saturated carbocycles. The number of H-pyrrole nitrogens is 1. The number of nitrogens with zero attached hydrogens (tertiary/aromatic N) is 1. The maximum atomic E-state index is 10.9. The molecule has 0 radical (unpaired) electrons. The zero-order valence-corrected chi connectivity index (χ0v) is 7.96. The lowest BCUT2D eigenvalue weighted by Crippen LogP contribution is -2.23. The van der Waals surface area contributed by atoms with Gasteiger partial charge in [-0.05, 0) is 15.9 Å². The van der Waals surface area contributed by atoms with Gasteiger partial charge in [0.15, 0.2) is 0 Å². The molecule has 12 heavy (non-hydrogen) atoms. The quantitative estimate of drug-likeness (QED) is 0.723. The number of esters is 1. The van der Waals surface area contributed by atoms with Crippen molar-refractivity contribution in [3.63, 3.8) is 0 Å². The monoisotopic (exact) mass is 233 g/mol. The smallest absolute Gasteiger partial charge is 0.328 e. The van der Waals surface area contributed by atoms with Crippen molar-refractivity contribution in [1.82, 2.24) is 10.2 Å². The predicted octanol–water partition coefficient (Wildman–Crippen LogP) is 0.345. The van der Waals surface area contributed by atoms with Gasteiger partial charge in [-0.3, -0.25) is 5.10 Å². The Labute approximate surface area is 77.4 Å². The van der Waals surface area contributed by atoms with Crippen LogP contribution in [-0.2, 0) is 9.53 Å². The third-order valence-electron chi connectivity index (χ3n) is 1.39. The zero-order chi connectivity index (χ0) is 9.14. The van der Waals surface area contributed by atoms with Crippen molar-refractivity contribution in [3.05, 3.63) is 16.4 Å². The second kappa shape index (κ2) is 3.68. The SMILES string of the molecule is COC(=O)C(N)c1[nH]ncc1Br. The summed E-state index contributed by atoms with van der Waals surface area (Å²) >= 11 is 3.18. The van der Waals surface area contributed by atoms with Gasteiger partial charge in [0.05, 0.1) is 23.5 Å². The summed E-state index contributed by atoms with van der Waals surface area (Å²) in [6.07, 6.45) is 1.53. The normalized spacial score (nSPS) is 12.6. The number of carbonyl (C=O) groups excluding carboxylic acids is 1. The number of carbonyl (C=O) groups is 1. The van der Waals surface area contributed by atoms with Crippen LogP contribution in [0.1, 0.15) is 11.7 Å². The van der Waals surface area contributed by atoms with E-state index < -0.39 is 12.0 Å². The first-order valence-corrected chi connectivity index (χ1v) is 3.98. The lowest BCUT2D eigenvalue weighted by Gasteiger charge is -2.06. The summed E-state index contributed by atoms with van der Waals surface area (Å²) in [7, 11) is 1.28. The van der Waals surface area contributed by atoms with Gasteiger partial charge in [0, 0.05) is 0 Å². The van der Waals surface area contributed by atoms with E-state index in [1.54, 1.807) is 0 Å². The minimum Gasteiger partial charge on any atom is -0.468 e. The van der Waals surface area contributed by atoms with Gasteiger partial charge < -0.3 is 10.5 Å². The van der Waals surface area contributed by atoms with Gasteiger partial charge in [0.2, 0.25) is 0 Å². The van der Waals surface area contributed by atoms with Gasteiger partial charge in [-0.15, -0.1) is 0 Å². The number of methoxy groups -OCH3 is 1. The fourth-order valence-corrected chi connectivity index (χ4v) is 1.18. The summed E-state index contributed by atoms with van der Waals surface area (Å²) in [4.78, 5) is 10.9. The molecule has 66 valence electrons. The molecule has 0 amide bonds. The third kappa shape index (κ3) is 1.64. The Kier molecular flexibility index (Phi) is 2.83. The van der Waals surface area contributed by atoms with Gasteiger partial charge in [0.1, 0.15) is 6.04 Å². The van der Waals surface area contributed by atoms with Gasteiger partial charge in [-0.25, -0.2) is 4.79 Å². The second-order valence-corrected chi connectivity index (χ2v) is 2.99. The topological polar surface area (TPSA) is 81.0 Å². The Bertz CT molecular complexity index is 286. The molecule has 0 aromatic carbocycles. The highest BCUT2D eigenvalue weighted by atomic mass is 79.9. The van der Waals surface area contributed by atoms with Crippen molar-refractivity contribution in [2.45, 2.75) is 6.04 Å². The summed E-state index contributed by atoms with van der Waals surface area (Å²) in [5.41, 5.74) is 6.03. The number of nitrogens with one attached hydrogen (secondary N) is 1. The molecule has 5 nitrogen and oxygen atoms in total. The molecule has 1 heterocycles. The van der Waals surface area contributed by atoms with E-state index in [1.807, 2.05) is 0 Å². The Morgan fingerprint density at radius 1 is 1.92 bits per heavy atom. The van der Waals surface area contributed by atoms with Crippen LogP contribution in [0, 0.1) is 0 Å². The molecular formula is C6H8BrN3O2. The molecule has 0 bridgehead atoms. The molecule has 1 unspecified atom stereocenters. The number of nitrogens with two attached hydrogens (primary N) is 1. The summed E-state index contributed by atoms with van der Waals surface area (Å²) in [6, 6.07) is -0.813. The molecular weight excluding hydrogens is 226 g/mol. The van der Waals surface area contributed by atoms with Crippen LogP contribution in [-0.4, -0.2) is 23.3 Å². The highest BCUT2D eigenvalue weighted by Crippen LogP contribution is 2.19. The van der Waals surface area contributed by atoms with E-state index >= 15 is 0 Å². The van der Waals surface area contributed by atoms with Crippen LogP contribution in [0.3, 0.4) is 0 Å². The van der Waals surface area contributed by atoms with Crippen LogP contribution >= 0.6 is 15.9 Å². The van der Waals surface area contributed by atoms with E-state index in [9.17, 15) is 4.79 Å². The molecule has 0 aliphatic heterocycles. The Morgan fingerprint density at radius 3 is 3.00 bits per heavy atom. The van der Waals surface area contributed by atoms with Crippen LogP contribution in [0.5, 0.6) is 0 Å². The minimum atomic E-state index is -0.813. The van der Waals surface area contributed by atoms with Crippen LogP contribution in [0.4, 0.5) is 0 Å². The van der Waals surface area contributed by atoms with Gasteiger partial charge in [-0.1, -0.05) is 0 Å². The molecule has 6 heteroatoms. The van der Waals surface area contributed by atoms with E-state index in [0.29, 0.717) is 10.2 Å². The average molecular weight is 234 g/mol. The molecule has 0 aliphatic carbocycles. The lowest BCUT2D eigenvalue weighted by molar-refractivity contribution is -0.142. The molecule has 0 aliphatic rings. The van der Waals surface area contributed by atoms with Crippen molar-refractivity contribution in [1.29, 1.82) is 0 Å². The molecule has 1 atom stereocenters. The first-order valence-electron chi connectivity index (χ1n) is 3.19. The number of halogens is 1. The maximum absolute atomic E-state index is 10.9. The lowest BCUT2D eigenvalue weighted by atomic mass is 10.2. The number of hydrogen-bond donors (Lipinski definition) is 2. The van der Waals surface area contributed by atoms with Gasteiger partial charge in [-0.2, -0.15) is 5.10 Å². The fraction of sp³-hybridized carbons (Fsp3) is 0.333. The van der Waals surface area contributed by atoms with Gasteiger partial charge in [0.25, 0.3) is 0 Å². The summed E-state index contributed by atoms with van der Waals surface area (Å²) in [5.74, 6) is -0.500. The average Bonchev–Trinajstić information content (AvgIpc) is 2.48. The maximum Gasteiger partial charge on any atom is 0.328 e. The number of hydrogen-bond acceptors (Lipinski definition) is 4. The second-order valence-electron chi connectivity index (χ2n) is 2.13. The Balaban J connectivity index is 2.84. The molecule has 1 aromatic rings. The Hall–Kier alpha value is -0.880. The van der Waals surface area contributed by atoms with Gasteiger partial charge >= 0.3 is 5.97 Å². The molecule has 0 fully saturated rings. The summed E-state index contributed by atoms with van der Waals surface area (Å²) in [6.45, 7) is 0.